The van der Waals surface area contributed by atoms with Crippen molar-refractivity contribution in [2.24, 2.45) is 0 Å². The second kappa shape index (κ2) is 12.0. The first-order chi connectivity index (χ1) is 14.4. The first-order valence-electron chi connectivity index (χ1n) is 11.0. The number of aryl methyl sites for hydroxylation is 1. The minimum absolute atomic E-state index is 0.0683. The van der Waals surface area contributed by atoms with Gasteiger partial charge >= 0.3 is 0 Å². The van der Waals surface area contributed by atoms with E-state index in [0.717, 1.165) is 28.2 Å². The summed E-state index contributed by atoms with van der Waals surface area (Å²) in [6.45, 7) is 11.5. The minimum atomic E-state index is -0.0683. The Hall–Kier alpha value is -2.04. The van der Waals surface area contributed by atoms with Crippen molar-refractivity contribution < 1.29 is 18.9 Å². The van der Waals surface area contributed by atoms with Crippen molar-refractivity contribution in [2.75, 3.05) is 27.4 Å². The maximum Gasteiger partial charge on any atom is 0.131 e. The lowest BCUT2D eigenvalue weighted by Crippen LogP contribution is -2.14. The van der Waals surface area contributed by atoms with Crippen molar-refractivity contribution in [2.45, 2.75) is 65.6 Å². The van der Waals surface area contributed by atoms with Crippen molar-refractivity contribution in [3.8, 4) is 11.5 Å². The summed E-state index contributed by atoms with van der Waals surface area (Å²) in [7, 11) is 3.43. The van der Waals surface area contributed by atoms with Gasteiger partial charge in [-0.3, -0.25) is 0 Å². The van der Waals surface area contributed by atoms with E-state index in [2.05, 4.69) is 45.0 Å². The Morgan fingerprint density at radius 1 is 0.800 bits per heavy atom. The van der Waals surface area contributed by atoms with E-state index in [9.17, 15) is 0 Å². The third kappa shape index (κ3) is 6.48. The number of hydrogen-bond acceptors (Lipinski definition) is 4. The Bertz CT molecular complexity index is 738. The summed E-state index contributed by atoms with van der Waals surface area (Å²) in [6, 6.07) is 12.6. The van der Waals surface area contributed by atoms with Gasteiger partial charge < -0.3 is 18.9 Å². The van der Waals surface area contributed by atoms with Crippen LogP contribution in [0, 0.1) is 6.92 Å². The standard InChI is InChI=1S/C26H38O4/c1-8-9-19(3)22-10-12-23(13-11-22)29-14-15-30-26-24(20(4)27-6)16-18(2)17-25(26)21(5)28-7/h10-13,16-17,19-21H,8-9,14-15H2,1-7H3. The zero-order valence-corrected chi connectivity index (χ0v) is 19.7. The first-order valence-corrected chi connectivity index (χ1v) is 11.0. The van der Waals surface area contributed by atoms with Gasteiger partial charge in [0.25, 0.3) is 0 Å². The minimum Gasteiger partial charge on any atom is -0.490 e. The molecule has 4 heteroatoms. The molecular formula is C26H38O4. The molecule has 0 N–H and O–H groups in total. The van der Waals surface area contributed by atoms with Crippen LogP contribution in [-0.4, -0.2) is 27.4 Å². The van der Waals surface area contributed by atoms with E-state index in [-0.39, 0.29) is 12.2 Å². The molecule has 0 spiro atoms. The first kappa shape index (κ1) is 24.2. The Labute approximate surface area is 182 Å². The van der Waals surface area contributed by atoms with Crippen molar-refractivity contribution in [3.05, 3.63) is 58.7 Å². The zero-order chi connectivity index (χ0) is 22.1. The Morgan fingerprint density at radius 3 is 1.83 bits per heavy atom. The maximum absolute atomic E-state index is 6.20. The third-order valence-electron chi connectivity index (χ3n) is 5.64. The van der Waals surface area contributed by atoms with E-state index in [1.165, 1.54) is 18.4 Å². The van der Waals surface area contributed by atoms with E-state index in [1.54, 1.807) is 14.2 Å². The predicted molar refractivity (Wildman–Crippen MR) is 123 cm³/mol. The van der Waals surface area contributed by atoms with Crippen LogP contribution in [0.2, 0.25) is 0 Å². The summed E-state index contributed by atoms with van der Waals surface area (Å²) in [6.07, 6.45) is 2.26. The van der Waals surface area contributed by atoms with Crippen molar-refractivity contribution >= 4 is 0 Å². The molecule has 2 aromatic carbocycles. The molecule has 4 nitrogen and oxygen atoms in total. The Kier molecular flexibility index (Phi) is 9.67. The highest BCUT2D eigenvalue weighted by Gasteiger charge is 2.20. The third-order valence-corrected chi connectivity index (χ3v) is 5.64. The molecule has 0 aromatic heterocycles. The van der Waals surface area contributed by atoms with E-state index in [0.29, 0.717) is 19.1 Å². The van der Waals surface area contributed by atoms with E-state index in [4.69, 9.17) is 18.9 Å². The summed E-state index contributed by atoms with van der Waals surface area (Å²) in [5.74, 6) is 2.28. The monoisotopic (exact) mass is 414 g/mol. The second-order valence-corrected chi connectivity index (χ2v) is 7.98. The molecule has 0 heterocycles. The van der Waals surface area contributed by atoms with E-state index < -0.39 is 0 Å². The number of hydrogen-bond donors (Lipinski definition) is 0. The maximum atomic E-state index is 6.20. The van der Waals surface area contributed by atoms with Crippen LogP contribution >= 0.6 is 0 Å². The van der Waals surface area contributed by atoms with Gasteiger partial charge in [0, 0.05) is 25.3 Å². The van der Waals surface area contributed by atoms with Crippen LogP contribution in [0.3, 0.4) is 0 Å². The molecule has 2 aromatic rings. The normalized spacial score (nSPS) is 14.2. The van der Waals surface area contributed by atoms with Gasteiger partial charge in [-0.1, -0.05) is 38.0 Å². The summed E-state index contributed by atoms with van der Waals surface area (Å²) < 4.78 is 23.3. The number of benzene rings is 2. The van der Waals surface area contributed by atoms with Crippen LogP contribution < -0.4 is 9.47 Å². The summed E-state index contributed by atoms with van der Waals surface area (Å²) in [5.41, 5.74) is 4.58. The smallest absolute Gasteiger partial charge is 0.131 e. The van der Waals surface area contributed by atoms with Gasteiger partial charge in [-0.2, -0.15) is 0 Å². The number of methoxy groups -OCH3 is 2. The highest BCUT2D eigenvalue weighted by molar-refractivity contribution is 5.47. The number of rotatable bonds is 12. The SMILES string of the molecule is CCCC(C)c1ccc(OCCOc2c(C(C)OC)cc(C)cc2C(C)OC)cc1. The molecular weight excluding hydrogens is 376 g/mol. The average Bonchev–Trinajstić information content (AvgIpc) is 2.76. The predicted octanol–water partition coefficient (Wildman–Crippen LogP) is 6.77. The molecule has 0 aliphatic heterocycles. The van der Waals surface area contributed by atoms with Crippen LogP contribution in [0.15, 0.2) is 36.4 Å². The van der Waals surface area contributed by atoms with Crippen LogP contribution in [0.25, 0.3) is 0 Å². The molecule has 0 bridgehead atoms. The molecule has 0 aliphatic carbocycles. The van der Waals surface area contributed by atoms with Crippen molar-refractivity contribution in [3.63, 3.8) is 0 Å². The van der Waals surface area contributed by atoms with Crippen molar-refractivity contribution in [1.29, 1.82) is 0 Å². The van der Waals surface area contributed by atoms with Gasteiger partial charge in [-0.25, -0.2) is 0 Å². The summed E-state index contributed by atoms with van der Waals surface area (Å²) >= 11 is 0. The molecule has 2 rings (SSSR count). The van der Waals surface area contributed by atoms with Gasteiger partial charge in [0.05, 0.1) is 12.2 Å². The topological polar surface area (TPSA) is 36.9 Å². The lowest BCUT2D eigenvalue weighted by atomic mass is 9.97. The van der Waals surface area contributed by atoms with Crippen LogP contribution in [0.1, 0.15) is 80.9 Å². The van der Waals surface area contributed by atoms with Crippen LogP contribution in [-0.2, 0) is 9.47 Å². The van der Waals surface area contributed by atoms with E-state index in [1.807, 2.05) is 26.0 Å². The van der Waals surface area contributed by atoms with Gasteiger partial charge in [-0.05, 0) is 62.9 Å². The second-order valence-electron chi connectivity index (χ2n) is 7.98. The summed E-state index contributed by atoms with van der Waals surface area (Å²) in [4.78, 5) is 0. The molecule has 0 radical (unpaired) electrons. The fourth-order valence-corrected chi connectivity index (χ4v) is 3.65. The molecule has 166 valence electrons. The number of ether oxygens (including phenoxy) is 4. The van der Waals surface area contributed by atoms with Gasteiger partial charge in [-0.15, -0.1) is 0 Å². The Morgan fingerprint density at radius 2 is 1.33 bits per heavy atom. The zero-order valence-electron chi connectivity index (χ0n) is 19.7. The Balaban J connectivity index is 2.04. The van der Waals surface area contributed by atoms with Gasteiger partial charge in [0.1, 0.15) is 24.7 Å². The molecule has 0 amide bonds. The highest BCUT2D eigenvalue weighted by atomic mass is 16.5. The lowest BCUT2D eigenvalue weighted by molar-refractivity contribution is 0.105. The van der Waals surface area contributed by atoms with Crippen molar-refractivity contribution in [1.82, 2.24) is 0 Å². The average molecular weight is 415 g/mol. The highest BCUT2D eigenvalue weighted by Crippen LogP contribution is 2.36. The van der Waals surface area contributed by atoms with E-state index >= 15 is 0 Å². The molecule has 0 aliphatic rings. The van der Waals surface area contributed by atoms with Crippen LogP contribution in [0.5, 0.6) is 11.5 Å². The molecule has 3 unspecified atom stereocenters. The molecule has 0 saturated heterocycles. The van der Waals surface area contributed by atoms with Gasteiger partial charge in [0.15, 0.2) is 0 Å². The van der Waals surface area contributed by atoms with Gasteiger partial charge in [0.2, 0.25) is 0 Å². The summed E-state index contributed by atoms with van der Waals surface area (Å²) in [5, 5.41) is 0. The molecule has 0 fully saturated rings. The largest absolute Gasteiger partial charge is 0.490 e. The van der Waals surface area contributed by atoms with Crippen LogP contribution in [0.4, 0.5) is 0 Å². The fourth-order valence-electron chi connectivity index (χ4n) is 3.65. The molecule has 0 saturated carbocycles. The quantitative estimate of drug-likeness (QED) is 0.359. The lowest BCUT2D eigenvalue weighted by Gasteiger charge is -2.23. The molecule has 3 atom stereocenters. The fraction of sp³-hybridized carbons (Fsp3) is 0.538. The molecule has 30 heavy (non-hydrogen) atoms.